The van der Waals surface area contributed by atoms with Crippen LogP contribution in [-0.4, -0.2) is 42.2 Å². The number of carbonyl (C=O) groups excluding carboxylic acids is 1. The number of nitrogens with zero attached hydrogens (tertiary/aromatic N) is 4. The summed E-state index contributed by atoms with van der Waals surface area (Å²) in [6.07, 6.45) is 7.70. The molecule has 0 bridgehead atoms. The lowest BCUT2D eigenvalue weighted by Crippen LogP contribution is -2.27. The van der Waals surface area contributed by atoms with Gasteiger partial charge in [0.25, 0.3) is 0 Å². The van der Waals surface area contributed by atoms with Crippen molar-refractivity contribution in [3.05, 3.63) is 72.2 Å². The third-order valence-electron chi connectivity index (χ3n) is 5.93. The molecule has 0 aliphatic carbocycles. The molecule has 1 aromatic carbocycles. The summed E-state index contributed by atoms with van der Waals surface area (Å²) in [6, 6.07) is 13.5. The Kier molecular flexibility index (Phi) is 5.45. The van der Waals surface area contributed by atoms with Crippen LogP contribution in [0.1, 0.15) is 17.5 Å². The SMILES string of the molecule is CN(c1ncccc1Cn1ccc2cnc(Nc3ccc4c(c3)CCC(=O)N4)cc21)S(C)(=O)=O. The second-order valence-electron chi connectivity index (χ2n) is 8.33. The first-order valence-corrected chi connectivity index (χ1v) is 12.7. The molecule has 1 aliphatic rings. The summed E-state index contributed by atoms with van der Waals surface area (Å²) in [5, 5.41) is 7.22. The van der Waals surface area contributed by atoms with Crippen LogP contribution in [-0.2, 0) is 27.8 Å². The Labute approximate surface area is 197 Å². The van der Waals surface area contributed by atoms with Crippen molar-refractivity contribution >= 4 is 49.8 Å². The number of benzene rings is 1. The number of nitrogens with one attached hydrogen (secondary N) is 2. The van der Waals surface area contributed by atoms with Gasteiger partial charge < -0.3 is 15.2 Å². The van der Waals surface area contributed by atoms with Gasteiger partial charge in [-0.3, -0.25) is 9.10 Å². The van der Waals surface area contributed by atoms with Crippen molar-refractivity contribution in [2.75, 3.05) is 28.2 Å². The lowest BCUT2D eigenvalue weighted by Gasteiger charge is -2.19. The fourth-order valence-electron chi connectivity index (χ4n) is 4.08. The topological polar surface area (TPSA) is 109 Å². The molecule has 5 rings (SSSR count). The van der Waals surface area contributed by atoms with Gasteiger partial charge in [0, 0.05) is 60.4 Å². The van der Waals surface area contributed by atoms with E-state index in [0.717, 1.165) is 39.7 Å². The number of sulfonamides is 1. The highest BCUT2D eigenvalue weighted by Crippen LogP contribution is 2.28. The van der Waals surface area contributed by atoms with E-state index in [2.05, 4.69) is 20.6 Å². The van der Waals surface area contributed by atoms with E-state index in [1.54, 1.807) is 18.5 Å². The molecule has 0 spiro atoms. The smallest absolute Gasteiger partial charge is 0.233 e. The second-order valence-corrected chi connectivity index (χ2v) is 10.3. The Balaban J connectivity index is 1.43. The minimum absolute atomic E-state index is 0.0422. The standard InChI is InChI=1S/C24H24N6O3S/c1-29(34(2,32)33)24-18(4-3-10-25-24)15-30-11-9-17-14-26-22(13-21(17)30)27-19-6-7-20-16(12-19)5-8-23(31)28-20/h3-4,6-7,9-14H,5,8,15H2,1-2H3,(H,26,27)(H,28,31). The normalized spacial score (nSPS) is 13.4. The lowest BCUT2D eigenvalue weighted by molar-refractivity contribution is -0.116. The molecule has 0 radical (unpaired) electrons. The van der Waals surface area contributed by atoms with Crippen LogP contribution in [0, 0.1) is 0 Å². The molecule has 0 unspecified atom stereocenters. The zero-order valence-electron chi connectivity index (χ0n) is 18.8. The summed E-state index contributed by atoms with van der Waals surface area (Å²) in [7, 11) is -1.93. The number of anilines is 4. The van der Waals surface area contributed by atoms with Crippen LogP contribution in [0.5, 0.6) is 0 Å². The average Bonchev–Trinajstić information content (AvgIpc) is 3.20. The Morgan fingerprint density at radius 1 is 1.15 bits per heavy atom. The molecule has 3 aromatic heterocycles. The highest BCUT2D eigenvalue weighted by atomic mass is 32.2. The number of fused-ring (bicyclic) bond motifs is 2. The Morgan fingerprint density at radius 3 is 2.82 bits per heavy atom. The first-order chi connectivity index (χ1) is 16.3. The van der Waals surface area contributed by atoms with E-state index in [9.17, 15) is 13.2 Å². The minimum Gasteiger partial charge on any atom is -0.343 e. The quantitative estimate of drug-likeness (QED) is 0.441. The maximum absolute atomic E-state index is 12.1. The molecule has 34 heavy (non-hydrogen) atoms. The van der Waals surface area contributed by atoms with Gasteiger partial charge >= 0.3 is 0 Å². The molecule has 2 N–H and O–H groups in total. The van der Waals surface area contributed by atoms with Crippen LogP contribution in [0.3, 0.4) is 0 Å². The molecular formula is C24H24N6O3S. The van der Waals surface area contributed by atoms with Crippen molar-refractivity contribution in [2.45, 2.75) is 19.4 Å². The number of carbonyl (C=O) groups is 1. The highest BCUT2D eigenvalue weighted by molar-refractivity contribution is 7.92. The number of pyridine rings is 2. The van der Waals surface area contributed by atoms with Gasteiger partial charge in [0.05, 0.1) is 18.3 Å². The number of hydrogen-bond donors (Lipinski definition) is 2. The molecule has 1 amide bonds. The fourth-order valence-corrected chi connectivity index (χ4v) is 4.55. The molecule has 174 valence electrons. The largest absolute Gasteiger partial charge is 0.343 e. The summed E-state index contributed by atoms with van der Waals surface area (Å²) in [5.41, 5.74) is 4.58. The number of aryl methyl sites for hydroxylation is 1. The summed E-state index contributed by atoms with van der Waals surface area (Å²) < 4.78 is 27.4. The minimum atomic E-state index is -3.43. The summed E-state index contributed by atoms with van der Waals surface area (Å²) in [6.45, 7) is 0.453. The molecule has 0 atom stereocenters. The van der Waals surface area contributed by atoms with Gasteiger partial charge in [-0.1, -0.05) is 6.07 Å². The summed E-state index contributed by atoms with van der Waals surface area (Å²) in [5.74, 6) is 1.13. The third-order valence-corrected chi connectivity index (χ3v) is 7.10. The van der Waals surface area contributed by atoms with Crippen molar-refractivity contribution in [1.29, 1.82) is 0 Å². The number of amides is 1. The van der Waals surface area contributed by atoms with E-state index in [1.165, 1.54) is 11.4 Å². The number of aromatic nitrogens is 3. The first kappa shape index (κ1) is 21.9. The lowest BCUT2D eigenvalue weighted by atomic mass is 10.0. The van der Waals surface area contributed by atoms with E-state index in [-0.39, 0.29) is 5.91 Å². The molecule has 9 nitrogen and oxygen atoms in total. The van der Waals surface area contributed by atoms with E-state index in [0.29, 0.717) is 31.0 Å². The molecule has 4 heterocycles. The van der Waals surface area contributed by atoms with Crippen molar-refractivity contribution in [3.8, 4) is 0 Å². The van der Waals surface area contributed by atoms with Crippen molar-refractivity contribution in [2.24, 2.45) is 0 Å². The number of rotatable bonds is 6. The van der Waals surface area contributed by atoms with E-state index in [1.807, 2.05) is 47.2 Å². The average molecular weight is 477 g/mol. The zero-order chi connectivity index (χ0) is 23.9. The molecular weight excluding hydrogens is 452 g/mol. The van der Waals surface area contributed by atoms with E-state index < -0.39 is 10.0 Å². The van der Waals surface area contributed by atoms with Crippen LogP contribution in [0.4, 0.5) is 23.0 Å². The van der Waals surface area contributed by atoms with Gasteiger partial charge in [-0.05, 0) is 42.3 Å². The Bertz CT molecular complexity index is 1510. The van der Waals surface area contributed by atoms with Crippen LogP contribution >= 0.6 is 0 Å². The van der Waals surface area contributed by atoms with Crippen LogP contribution < -0.4 is 14.9 Å². The molecule has 4 aromatic rings. The predicted octanol–water partition coefficient (Wildman–Crippen LogP) is 3.50. The van der Waals surface area contributed by atoms with Gasteiger partial charge in [0.2, 0.25) is 15.9 Å². The highest BCUT2D eigenvalue weighted by Gasteiger charge is 2.18. The maximum Gasteiger partial charge on any atom is 0.233 e. The second kappa shape index (κ2) is 8.45. The molecule has 1 aliphatic heterocycles. The summed E-state index contributed by atoms with van der Waals surface area (Å²) in [4.78, 5) is 20.4. The van der Waals surface area contributed by atoms with E-state index >= 15 is 0 Å². The molecule has 0 saturated heterocycles. The predicted molar refractivity (Wildman–Crippen MR) is 133 cm³/mol. The van der Waals surface area contributed by atoms with Crippen LogP contribution in [0.15, 0.2) is 61.1 Å². The van der Waals surface area contributed by atoms with Gasteiger partial charge in [0.1, 0.15) is 11.6 Å². The van der Waals surface area contributed by atoms with Crippen molar-refractivity contribution in [1.82, 2.24) is 14.5 Å². The number of hydrogen-bond acceptors (Lipinski definition) is 6. The van der Waals surface area contributed by atoms with Crippen molar-refractivity contribution in [3.63, 3.8) is 0 Å². The van der Waals surface area contributed by atoms with Gasteiger partial charge in [0.15, 0.2) is 0 Å². The molecule has 0 fully saturated rings. The molecule has 10 heteroatoms. The van der Waals surface area contributed by atoms with E-state index in [4.69, 9.17) is 0 Å². The van der Waals surface area contributed by atoms with Crippen LogP contribution in [0.2, 0.25) is 0 Å². The third kappa shape index (κ3) is 4.32. The first-order valence-electron chi connectivity index (χ1n) is 10.8. The van der Waals surface area contributed by atoms with Gasteiger partial charge in [-0.25, -0.2) is 18.4 Å². The zero-order valence-corrected chi connectivity index (χ0v) is 19.6. The van der Waals surface area contributed by atoms with Crippen LogP contribution in [0.25, 0.3) is 10.9 Å². The van der Waals surface area contributed by atoms with Crippen molar-refractivity contribution < 1.29 is 13.2 Å². The monoisotopic (exact) mass is 476 g/mol. The Morgan fingerprint density at radius 2 is 2.00 bits per heavy atom. The Hall–Kier alpha value is -3.92. The van der Waals surface area contributed by atoms with Gasteiger partial charge in [-0.15, -0.1) is 0 Å². The summed E-state index contributed by atoms with van der Waals surface area (Å²) >= 11 is 0. The maximum atomic E-state index is 12.1. The molecule has 0 saturated carbocycles. The van der Waals surface area contributed by atoms with Gasteiger partial charge in [-0.2, -0.15) is 0 Å². The fraction of sp³-hybridized carbons (Fsp3) is 0.208.